The molecule has 0 spiro atoms. The van der Waals surface area contributed by atoms with Gasteiger partial charge in [0, 0.05) is 17.7 Å². The lowest BCUT2D eigenvalue weighted by atomic mass is 10.0. The van der Waals surface area contributed by atoms with Crippen LogP contribution in [0.2, 0.25) is 0 Å². The molecule has 1 saturated heterocycles. The van der Waals surface area contributed by atoms with E-state index >= 15 is 0 Å². The number of rotatable bonds is 8. The molecule has 1 aromatic heterocycles. The van der Waals surface area contributed by atoms with E-state index in [1.54, 1.807) is 7.11 Å². The zero-order chi connectivity index (χ0) is 21.6. The van der Waals surface area contributed by atoms with Crippen molar-refractivity contribution in [2.24, 2.45) is 0 Å². The molecule has 1 atom stereocenters. The zero-order valence-corrected chi connectivity index (χ0v) is 18.2. The number of hydrogen-bond donors (Lipinski definition) is 0. The summed E-state index contributed by atoms with van der Waals surface area (Å²) in [5.41, 5.74) is 2.84. The molecule has 1 aliphatic rings. The Morgan fingerprint density at radius 1 is 1.13 bits per heavy atom. The minimum atomic E-state index is -0.184. The highest BCUT2D eigenvalue weighted by atomic mass is 16.5. The standard InChI is InChI=1S/C25H29N3O3/c1-3-4-5-7-18-9-11-20(12-10-18)25(29)28-17-6-8-22(28)24-26-23(27-31-24)19-13-15-21(30-2)16-14-19/h9-16,22H,3-8,17H2,1-2H3. The van der Waals surface area contributed by atoms with Crippen molar-refractivity contribution < 1.29 is 14.1 Å². The molecule has 1 amide bonds. The summed E-state index contributed by atoms with van der Waals surface area (Å²) in [6, 6.07) is 15.4. The molecule has 2 aromatic carbocycles. The number of ether oxygens (including phenoxy) is 1. The third-order valence-electron chi connectivity index (χ3n) is 5.86. The van der Waals surface area contributed by atoms with Crippen LogP contribution in [0.5, 0.6) is 5.75 Å². The summed E-state index contributed by atoms with van der Waals surface area (Å²) in [4.78, 5) is 19.6. The normalized spacial score (nSPS) is 15.9. The van der Waals surface area contributed by atoms with Gasteiger partial charge in [-0.1, -0.05) is 37.1 Å². The van der Waals surface area contributed by atoms with Gasteiger partial charge in [0.05, 0.1) is 7.11 Å². The Morgan fingerprint density at radius 2 is 1.90 bits per heavy atom. The Balaban J connectivity index is 1.46. The largest absolute Gasteiger partial charge is 0.497 e. The highest BCUT2D eigenvalue weighted by Crippen LogP contribution is 2.33. The van der Waals surface area contributed by atoms with Gasteiger partial charge < -0.3 is 14.2 Å². The van der Waals surface area contributed by atoms with Gasteiger partial charge in [0.25, 0.3) is 5.91 Å². The number of amides is 1. The third kappa shape index (κ3) is 4.79. The maximum absolute atomic E-state index is 13.2. The average Bonchev–Trinajstić information content (AvgIpc) is 3.49. The first-order valence-electron chi connectivity index (χ1n) is 11.1. The van der Waals surface area contributed by atoms with Crippen molar-refractivity contribution in [1.82, 2.24) is 15.0 Å². The van der Waals surface area contributed by atoms with Crippen molar-refractivity contribution >= 4 is 5.91 Å². The minimum absolute atomic E-state index is 0.0202. The highest BCUT2D eigenvalue weighted by molar-refractivity contribution is 5.94. The lowest BCUT2D eigenvalue weighted by Crippen LogP contribution is -2.30. The number of nitrogens with zero attached hydrogens (tertiary/aromatic N) is 3. The topological polar surface area (TPSA) is 68.5 Å². The molecule has 1 aliphatic heterocycles. The molecule has 6 nitrogen and oxygen atoms in total. The van der Waals surface area contributed by atoms with E-state index in [0.717, 1.165) is 30.6 Å². The predicted molar refractivity (Wildman–Crippen MR) is 119 cm³/mol. The first-order chi connectivity index (χ1) is 15.2. The zero-order valence-electron chi connectivity index (χ0n) is 18.2. The van der Waals surface area contributed by atoms with Gasteiger partial charge in [0.2, 0.25) is 11.7 Å². The Morgan fingerprint density at radius 3 is 2.61 bits per heavy atom. The maximum atomic E-state index is 13.2. The van der Waals surface area contributed by atoms with E-state index < -0.39 is 0 Å². The fourth-order valence-electron chi connectivity index (χ4n) is 4.05. The number of carbonyl (C=O) groups excluding carboxylic acids is 1. The van der Waals surface area contributed by atoms with Gasteiger partial charge in [0.1, 0.15) is 11.8 Å². The molecule has 6 heteroatoms. The fraction of sp³-hybridized carbons (Fsp3) is 0.400. The molecular formula is C25H29N3O3. The lowest BCUT2D eigenvalue weighted by molar-refractivity contribution is 0.0710. The summed E-state index contributed by atoms with van der Waals surface area (Å²) in [5, 5.41) is 4.14. The van der Waals surface area contributed by atoms with Crippen LogP contribution in [0.3, 0.4) is 0 Å². The van der Waals surface area contributed by atoms with Crippen LogP contribution in [-0.2, 0) is 6.42 Å². The van der Waals surface area contributed by atoms with Crippen LogP contribution in [0.1, 0.15) is 66.9 Å². The Kier molecular flexibility index (Phi) is 6.65. The summed E-state index contributed by atoms with van der Waals surface area (Å²) < 4.78 is 10.8. The maximum Gasteiger partial charge on any atom is 0.254 e. The van der Waals surface area contributed by atoms with Crippen molar-refractivity contribution in [2.75, 3.05) is 13.7 Å². The van der Waals surface area contributed by atoms with Gasteiger partial charge in [-0.05, 0) is 67.6 Å². The van der Waals surface area contributed by atoms with Crippen LogP contribution in [0.25, 0.3) is 11.4 Å². The van der Waals surface area contributed by atoms with Crippen LogP contribution in [0.15, 0.2) is 53.1 Å². The van der Waals surface area contributed by atoms with Gasteiger partial charge in [-0.2, -0.15) is 4.98 Å². The van der Waals surface area contributed by atoms with Gasteiger partial charge in [-0.3, -0.25) is 4.79 Å². The first-order valence-corrected chi connectivity index (χ1v) is 11.1. The van der Waals surface area contributed by atoms with E-state index in [9.17, 15) is 4.79 Å². The van der Waals surface area contributed by atoms with Gasteiger partial charge in [0.15, 0.2) is 0 Å². The van der Waals surface area contributed by atoms with Crippen molar-refractivity contribution in [3.05, 3.63) is 65.5 Å². The van der Waals surface area contributed by atoms with Crippen LogP contribution in [-0.4, -0.2) is 34.6 Å². The van der Waals surface area contributed by atoms with Crippen LogP contribution in [0, 0.1) is 0 Å². The highest BCUT2D eigenvalue weighted by Gasteiger charge is 2.34. The molecule has 3 aromatic rings. The SMILES string of the molecule is CCCCCc1ccc(C(=O)N2CCCC2c2nc(-c3ccc(OC)cc3)no2)cc1. The number of unbranched alkanes of at least 4 members (excludes halogenated alkanes) is 2. The van der Waals surface area contributed by atoms with Crippen molar-refractivity contribution in [3.8, 4) is 17.1 Å². The van der Waals surface area contributed by atoms with Crippen LogP contribution >= 0.6 is 0 Å². The second kappa shape index (κ2) is 9.77. The van der Waals surface area contributed by atoms with E-state index in [0.29, 0.717) is 23.8 Å². The monoisotopic (exact) mass is 419 g/mol. The second-order valence-electron chi connectivity index (χ2n) is 8.00. The van der Waals surface area contributed by atoms with Crippen molar-refractivity contribution in [1.29, 1.82) is 0 Å². The number of carbonyl (C=O) groups is 1. The number of aryl methyl sites for hydroxylation is 1. The predicted octanol–water partition coefficient (Wildman–Crippen LogP) is 5.46. The minimum Gasteiger partial charge on any atom is -0.497 e. The Labute approximate surface area is 183 Å². The summed E-state index contributed by atoms with van der Waals surface area (Å²) in [5.74, 6) is 1.81. The Bertz CT molecular complexity index is 996. The van der Waals surface area contributed by atoms with E-state index in [2.05, 4.69) is 29.2 Å². The molecule has 162 valence electrons. The summed E-state index contributed by atoms with van der Waals surface area (Å²) in [7, 11) is 1.63. The molecule has 0 saturated carbocycles. The summed E-state index contributed by atoms with van der Waals surface area (Å²) in [6.45, 7) is 2.90. The van der Waals surface area contributed by atoms with Gasteiger partial charge in [-0.15, -0.1) is 0 Å². The number of benzene rings is 2. The fourth-order valence-corrected chi connectivity index (χ4v) is 4.05. The quantitative estimate of drug-likeness (QED) is 0.454. The van der Waals surface area contributed by atoms with Crippen LogP contribution < -0.4 is 4.74 Å². The van der Waals surface area contributed by atoms with E-state index in [4.69, 9.17) is 9.26 Å². The molecule has 0 N–H and O–H groups in total. The molecule has 0 aliphatic carbocycles. The Hall–Kier alpha value is -3.15. The van der Waals surface area contributed by atoms with Gasteiger partial charge >= 0.3 is 0 Å². The summed E-state index contributed by atoms with van der Waals surface area (Å²) in [6.07, 6.45) is 6.44. The number of hydrogen-bond acceptors (Lipinski definition) is 5. The van der Waals surface area contributed by atoms with E-state index in [1.807, 2.05) is 41.3 Å². The summed E-state index contributed by atoms with van der Waals surface area (Å²) >= 11 is 0. The van der Waals surface area contributed by atoms with Gasteiger partial charge in [-0.25, -0.2) is 0 Å². The molecular weight excluding hydrogens is 390 g/mol. The van der Waals surface area contributed by atoms with E-state index in [1.165, 1.54) is 24.8 Å². The molecule has 0 bridgehead atoms. The van der Waals surface area contributed by atoms with Crippen molar-refractivity contribution in [3.63, 3.8) is 0 Å². The molecule has 2 heterocycles. The van der Waals surface area contributed by atoms with E-state index in [-0.39, 0.29) is 11.9 Å². The van der Waals surface area contributed by atoms with Crippen LogP contribution in [0.4, 0.5) is 0 Å². The smallest absolute Gasteiger partial charge is 0.254 e. The molecule has 1 unspecified atom stereocenters. The molecule has 0 radical (unpaired) electrons. The number of likely N-dealkylation sites (tertiary alicyclic amines) is 1. The average molecular weight is 420 g/mol. The van der Waals surface area contributed by atoms with Crippen molar-refractivity contribution in [2.45, 2.75) is 51.5 Å². The lowest BCUT2D eigenvalue weighted by Gasteiger charge is -2.22. The number of methoxy groups -OCH3 is 1. The molecule has 31 heavy (non-hydrogen) atoms. The molecule has 1 fully saturated rings. The third-order valence-corrected chi connectivity index (χ3v) is 5.86. The molecule has 4 rings (SSSR count). The number of aromatic nitrogens is 2. The second-order valence-corrected chi connectivity index (χ2v) is 8.00. The first kappa shape index (κ1) is 21.1.